The molecule has 4 rings (SSSR count). The van der Waals surface area contributed by atoms with Crippen LogP contribution in [0.4, 0.5) is 0 Å². The van der Waals surface area contributed by atoms with Gasteiger partial charge in [-0.3, -0.25) is 0 Å². The van der Waals surface area contributed by atoms with Gasteiger partial charge in [0.25, 0.3) is 0 Å². The van der Waals surface area contributed by atoms with Gasteiger partial charge in [0.15, 0.2) is 16.7 Å². The molecule has 9 heteroatoms. The van der Waals surface area contributed by atoms with Crippen molar-refractivity contribution in [3.8, 4) is 28.7 Å². The van der Waals surface area contributed by atoms with Crippen molar-refractivity contribution in [1.29, 1.82) is 0 Å². The molecule has 0 saturated heterocycles. The molecule has 0 unspecified atom stereocenters. The molecular weight excluding hydrogens is 366 g/mol. The first kappa shape index (κ1) is 17.3. The van der Waals surface area contributed by atoms with Crippen molar-refractivity contribution in [3.05, 3.63) is 48.6 Å². The first-order valence-electron chi connectivity index (χ1n) is 8.37. The number of hydrogen-bond acceptors (Lipinski definition) is 8. The maximum atomic E-state index is 5.63. The van der Waals surface area contributed by atoms with E-state index in [4.69, 9.17) is 13.7 Å². The number of nitrogens with zero attached hydrogens (tertiary/aromatic N) is 5. The van der Waals surface area contributed by atoms with Crippen LogP contribution in [0, 0.1) is 0 Å². The van der Waals surface area contributed by atoms with E-state index < -0.39 is 0 Å². The van der Waals surface area contributed by atoms with Gasteiger partial charge in [0.05, 0.1) is 24.2 Å². The Labute approximate surface area is 159 Å². The van der Waals surface area contributed by atoms with E-state index in [1.165, 1.54) is 11.8 Å². The van der Waals surface area contributed by atoms with Crippen LogP contribution in [0.3, 0.4) is 0 Å². The summed E-state index contributed by atoms with van der Waals surface area (Å²) >= 11 is 1.46. The topological polar surface area (TPSA) is 92.0 Å². The molecule has 0 atom stereocenters. The number of para-hydroxylation sites is 1. The highest BCUT2D eigenvalue weighted by atomic mass is 32.2. The normalized spacial score (nSPS) is 11.0. The SMILES string of the molecule is CCOc1ccccc1-c1noc(CSc2nnc(-c3ccco3)n2C)n1. The van der Waals surface area contributed by atoms with E-state index in [-0.39, 0.29) is 0 Å². The molecule has 27 heavy (non-hydrogen) atoms. The summed E-state index contributed by atoms with van der Waals surface area (Å²) in [6.07, 6.45) is 1.61. The Hall–Kier alpha value is -3.07. The molecule has 0 spiro atoms. The fraction of sp³-hybridized carbons (Fsp3) is 0.222. The second-order valence-electron chi connectivity index (χ2n) is 5.57. The molecule has 3 heterocycles. The third kappa shape index (κ3) is 3.59. The Balaban J connectivity index is 1.48. The Morgan fingerprint density at radius 2 is 2.04 bits per heavy atom. The van der Waals surface area contributed by atoms with Crippen molar-refractivity contribution in [1.82, 2.24) is 24.9 Å². The van der Waals surface area contributed by atoms with Gasteiger partial charge in [0, 0.05) is 7.05 Å². The number of aromatic nitrogens is 5. The molecule has 8 nitrogen and oxygen atoms in total. The Kier molecular flexibility index (Phi) is 4.93. The maximum absolute atomic E-state index is 5.63. The van der Waals surface area contributed by atoms with Crippen molar-refractivity contribution in [2.45, 2.75) is 17.8 Å². The first-order chi connectivity index (χ1) is 13.3. The Morgan fingerprint density at radius 3 is 2.85 bits per heavy atom. The van der Waals surface area contributed by atoms with Gasteiger partial charge in [-0.2, -0.15) is 4.98 Å². The molecule has 0 amide bonds. The summed E-state index contributed by atoms with van der Waals surface area (Å²) in [5, 5.41) is 13.2. The van der Waals surface area contributed by atoms with Crippen molar-refractivity contribution in [2.75, 3.05) is 6.61 Å². The summed E-state index contributed by atoms with van der Waals surface area (Å²) in [6, 6.07) is 11.3. The third-order valence-electron chi connectivity index (χ3n) is 3.80. The van der Waals surface area contributed by atoms with Crippen LogP contribution in [0.2, 0.25) is 0 Å². The van der Waals surface area contributed by atoms with E-state index in [9.17, 15) is 0 Å². The molecular formula is C18H17N5O3S. The van der Waals surface area contributed by atoms with Gasteiger partial charge >= 0.3 is 0 Å². The van der Waals surface area contributed by atoms with Crippen molar-refractivity contribution in [3.63, 3.8) is 0 Å². The average Bonchev–Trinajstić information content (AvgIpc) is 3.42. The van der Waals surface area contributed by atoms with Crippen molar-refractivity contribution < 1.29 is 13.7 Å². The van der Waals surface area contributed by atoms with Gasteiger partial charge in [0.2, 0.25) is 11.7 Å². The van der Waals surface area contributed by atoms with Gasteiger partial charge < -0.3 is 18.2 Å². The van der Waals surface area contributed by atoms with E-state index in [0.717, 1.165) is 16.5 Å². The standard InChI is InChI=1S/C18H17N5O3S/c1-3-24-13-8-5-4-7-12(13)16-19-15(26-22-16)11-27-18-21-20-17(23(18)2)14-9-6-10-25-14/h4-10H,3,11H2,1-2H3. The molecule has 0 aliphatic heterocycles. The Bertz CT molecular complexity index is 1030. The van der Waals surface area contributed by atoms with E-state index in [1.54, 1.807) is 6.26 Å². The fourth-order valence-electron chi connectivity index (χ4n) is 2.54. The summed E-state index contributed by atoms with van der Waals surface area (Å²) in [4.78, 5) is 4.47. The average molecular weight is 383 g/mol. The quantitative estimate of drug-likeness (QED) is 0.445. The van der Waals surface area contributed by atoms with E-state index in [2.05, 4.69) is 20.3 Å². The predicted molar refractivity (Wildman–Crippen MR) is 99.2 cm³/mol. The monoisotopic (exact) mass is 383 g/mol. The molecule has 0 saturated carbocycles. The molecule has 0 fully saturated rings. The summed E-state index contributed by atoms with van der Waals surface area (Å²) in [6.45, 7) is 2.51. The first-order valence-corrected chi connectivity index (χ1v) is 9.35. The summed E-state index contributed by atoms with van der Waals surface area (Å²) in [5.41, 5.74) is 0.804. The molecule has 0 N–H and O–H groups in total. The summed E-state index contributed by atoms with van der Waals surface area (Å²) in [5.74, 6) is 3.56. The van der Waals surface area contributed by atoms with Crippen LogP contribution >= 0.6 is 11.8 Å². The lowest BCUT2D eigenvalue weighted by Crippen LogP contribution is -1.95. The number of hydrogen-bond donors (Lipinski definition) is 0. The van der Waals surface area contributed by atoms with Crippen LogP contribution in [-0.4, -0.2) is 31.5 Å². The highest BCUT2D eigenvalue weighted by molar-refractivity contribution is 7.98. The second kappa shape index (κ2) is 7.67. The molecule has 4 aromatic rings. The zero-order valence-corrected chi connectivity index (χ0v) is 15.6. The van der Waals surface area contributed by atoms with Crippen molar-refractivity contribution >= 4 is 11.8 Å². The lowest BCUT2D eigenvalue weighted by Gasteiger charge is -2.05. The van der Waals surface area contributed by atoms with Gasteiger partial charge in [-0.05, 0) is 31.2 Å². The number of benzene rings is 1. The summed E-state index contributed by atoms with van der Waals surface area (Å²) < 4.78 is 18.2. The Morgan fingerprint density at radius 1 is 1.15 bits per heavy atom. The minimum Gasteiger partial charge on any atom is -0.493 e. The zero-order valence-electron chi connectivity index (χ0n) is 14.8. The van der Waals surface area contributed by atoms with E-state index in [1.807, 2.05) is 54.9 Å². The zero-order chi connectivity index (χ0) is 18.6. The lowest BCUT2D eigenvalue weighted by molar-refractivity contribution is 0.341. The number of thioether (sulfide) groups is 1. The van der Waals surface area contributed by atoms with Crippen LogP contribution in [0.15, 0.2) is 56.8 Å². The smallest absolute Gasteiger partial charge is 0.237 e. The van der Waals surface area contributed by atoms with E-state index >= 15 is 0 Å². The molecule has 3 aromatic heterocycles. The second-order valence-corrected chi connectivity index (χ2v) is 6.51. The largest absolute Gasteiger partial charge is 0.493 e. The van der Waals surface area contributed by atoms with Crippen LogP contribution in [0.1, 0.15) is 12.8 Å². The van der Waals surface area contributed by atoms with Gasteiger partial charge in [-0.1, -0.05) is 29.1 Å². The molecule has 138 valence electrons. The molecule has 0 aliphatic rings. The molecule has 0 aliphatic carbocycles. The van der Waals surface area contributed by atoms with Gasteiger partial charge in [0.1, 0.15) is 5.75 Å². The predicted octanol–water partition coefficient (Wildman–Crippen LogP) is 3.82. The fourth-order valence-corrected chi connectivity index (χ4v) is 3.29. The van der Waals surface area contributed by atoms with Gasteiger partial charge in [-0.15, -0.1) is 10.2 Å². The highest BCUT2D eigenvalue weighted by Crippen LogP contribution is 2.29. The van der Waals surface area contributed by atoms with Crippen molar-refractivity contribution in [2.24, 2.45) is 7.05 Å². The minimum absolute atomic E-state index is 0.480. The van der Waals surface area contributed by atoms with Gasteiger partial charge in [-0.25, -0.2) is 0 Å². The number of ether oxygens (including phenoxy) is 1. The molecule has 0 bridgehead atoms. The number of rotatable bonds is 7. The highest BCUT2D eigenvalue weighted by Gasteiger charge is 2.16. The third-order valence-corrected chi connectivity index (χ3v) is 4.80. The maximum Gasteiger partial charge on any atom is 0.237 e. The van der Waals surface area contributed by atoms with Crippen LogP contribution in [0.5, 0.6) is 5.75 Å². The lowest BCUT2D eigenvalue weighted by atomic mass is 10.2. The molecule has 1 aromatic carbocycles. The van der Waals surface area contributed by atoms with Crippen LogP contribution in [-0.2, 0) is 12.8 Å². The minimum atomic E-state index is 0.480. The van der Waals surface area contributed by atoms with Crippen LogP contribution < -0.4 is 4.74 Å². The summed E-state index contributed by atoms with van der Waals surface area (Å²) in [7, 11) is 1.89. The van der Waals surface area contributed by atoms with E-state index in [0.29, 0.717) is 35.7 Å². The van der Waals surface area contributed by atoms with Crippen LogP contribution in [0.25, 0.3) is 23.0 Å². The molecule has 0 radical (unpaired) electrons. The number of furan rings is 1.